The minimum atomic E-state index is 0.563. The molecule has 0 saturated heterocycles. The zero-order valence-corrected chi connectivity index (χ0v) is 7.72. The molecule has 0 aromatic heterocycles. The smallest absolute Gasteiger partial charge is 0.0574 e. The number of nitrogens with one attached hydrogen (secondary N) is 1. The molecule has 0 radical (unpaired) electrons. The second-order valence-electron chi connectivity index (χ2n) is 2.76. The predicted molar refractivity (Wildman–Crippen MR) is 49.5 cm³/mol. The lowest BCUT2D eigenvalue weighted by Crippen LogP contribution is -2.37. The predicted octanol–water partition coefficient (Wildman–Crippen LogP) is 0.549. The highest BCUT2D eigenvalue weighted by Crippen LogP contribution is 1.91. The number of likely N-dealkylation sites (N-methyl/N-ethyl adjacent to an activating group) is 1. The average molecular weight is 154 g/mol. The number of hydrogen-bond acceptors (Lipinski definition) is 2. The van der Waals surface area contributed by atoms with Gasteiger partial charge in [-0.25, -0.2) is 0 Å². The molecule has 2 heteroatoms. The molecule has 0 saturated carbocycles. The molecule has 0 aromatic rings. The Morgan fingerprint density at radius 2 is 2.27 bits per heavy atom. The van der Waals surface area contributed by atoms with Gasteiger partial charge in [-0.05, 0) is 20.5 Å². The van der Waals surface area contributed by atoms with Gasteiger partial charge in [-0.1, -0.05) is 12.8 Å². The first-order chi connectivity index (χ1) is 5.22. The second-order valence-corrected chi connectivity index (χ2v) is 2.76. The molecule has 2 nitrogen and oxygen atoms in total. The summed E-state index contributed by atoms with van der Waals surface area (Å²) in [7, 11) is 2.11. The van der Waals surface area contributed by atoms with Gasteiger partial charge in [-0.3, -0.25) is 0 Å². The first-order valence-electron chi connectivity index (χ1n) is 4.06. The van der Waals surface area contributed by atoms with Crippen LogP contribution in [-0.2, 0) is 0 Å². The standard InChI is InChI=1S/C9H18N2/c1-5-7-10-8-9(3)11(4)6-2/h1,9-10H,6-8H2,2-4H3. The van der Waals surface area contributed by atoms with Crippen LogP contribution in [0.5, 0.6) is 0 Å². The topological polar surface area (TPSA) is 15.3 Å². The molecule has 0 fully saturated rings. The maximum Gasteiger partial charge on any atom is 0.0574 e. The van der Waals surface area contributed by atoms with Gasteiger partial charge in [-0.15, -0.1) is 6.42 Å². The Labute approximate surface area is 70.0 Å². The highest BCUT2D eigenvalue weighted by molar-refractivity contribution is 4.87. The molecular weight excluding hydrogens is 136 g/mol. The fourth-order valence-electron chi connectivity index (χ4n) is 0.821. The van der Waals surface area contributed by atoms with E-state index in [0.29, 0.717) is 12.6 Å². The van der Waals surface area contributed by atoms with Gasteiger partial charge in [0.15, 0.2) is 0 Å². The van der Waals surface area contributed by atoms with Crippen LogP contribution in [0.1, 0.15) is 13.8 Å². The van der Waals surface area contributed by atoms with Gasteiger partial charge < -0.3 is 10.2 Å². The number of nitrogens with zero attached hydrogens (tertiary/aromatic N) is 1. The largest absolute Gasteiger partial charge is 0.305 e. The molecule has 1 atom stereocenters. The van der Waals surface area contributed by atoms with Crippen LogP contribution < -0.4 is 5.32 Å². The van der Waals surface area contributed by atoms with Crippen molar-refractivity contribution in [1.29, 1.82) is 0 Å². The van der Waals surface area contributed by atoms with Crippen molar-refractivity contribution in [3.8, 4) is 12.3 Å². The van der Waals surface area contributed by atoms with Gasteiger partial charge in [0.1, 0.15) is 0 Å². The van der Waals surface area contributed by atoms with Crippen LogP contribution in [0.2, 0.25) is 0 Å². The molecule has 0 bridgehead atoms. The first-order valence-corrected chi connectivity index (χ1v) is 4.06. The van der Waals surface area contributed by atoms with Crippen molar-refractivity contribution in [2.45, 2.75) is 19.9 Å². The summed E-state index contributed by atoms with van der Waals surface area (Å²) in [5.74, 6) is 2.55. The van der Waals surface area contributed by atoms with Gasteiger partial charge in [0.05, 0.1) is 6.54 Å². The monoisotopic (exact) mass is 154 g/mol. The van der Waals surface area contributed by atoms with E-state index in [1.165, 1.54) is 0 Å². The van der Waals surface area contributed by atoms with Gasteiger partial charge in [0, 0.05) is 12.6 Å². The third kappa shape index (κ3) is 4.83. The molecule has 1 N–H and O–H groups in total. The average Bonchev–Trinajstić information content (AvgIpc) is 2.03. The van der Waals surface area contributed by atoms with E-state index >= 15 is 0 Å². The maximum absolute atomic E-state index is 5.10. The molecule has 0 aliphatic carbocycles. The molecule has 0 heterocycles. The van der Waals surface area contributed by atoms with Gasteiger partial charge in [-0.2, -0.15) is 0 Å². The Kier molecular flexibility index (Phi) is 5.91. The Balaban J connectivity index is 3.37. The van der Waals surface area contributed by atoms with Gasteiger partial charge in [0.2, 0.25) is 0 Å². The quantitative estimate of drug-likeness (QED) is 0.459. The van der Waals surface area contributed by atoms with E-state index in [1.54, 1.807) is 0 Å². The summed E-state index contributed by atoms with van der Waals surface area (Å²) < 4.78 is 0. The van der Waals surface area contributed by atoms with Gasteiger partial charge in [0.25, 0.3) is 0 Å². The third-order valence-electron chi connectivity index (χ3n) is 1.92. The van der Waals surface area contributed by atoms with Crippen molar-refractivity contribution in [2.24, 2.45) is 0 Å². The minimum Gasteiger partial charge on any atom is -0.305 e. The van der Waals surface area contributed by atoms with E-state index in [2.05, 4.69) is 37.0 Å². The first kappa shape index (κ1) is 10.5. The van der Waals surface area contributed by atoms with Crippen LogP contribution in [-0.4, -0.2) is 37.6 Å². The molecular formula is C9H18N2. The number of hydrogen-bond donors (Lipinski definition) is 1. The van der Waals surface area contributed by atoms with Crippen LogP contribution in [0.25, 0.3) is 0 Å². The van der Waals surface area contributed by atoms with E-state index < -0.39 is 0 Å². The summed E-state index contributed by atoms with van der Waals surface area (Å²) in [6, 6.07) is 0.563. The van der Waals surface area contributed by atoms with Crippen LogP contribution in [0.3, 0.4) is 0 Å². The lowest BCUT2D eigenvalue weighted by atomic mass is 10.3. The summed E-state index contributed by atoms with van der Waals surface area (Å²) in [6.07, 6.45) is 5.10. The molecule has 1 unspecified atom stereocenters. The highest BCUT2D eigenvalue weighted by Gasteiger charge is 2.04. The van der Waals surface area contributed by atoms with Crippen molar-refractivity contribution < 1.29 is 0 Å². The zero-order valence-electron chi connectivity index (χ0n) is 7.72. The lowest BCUT2D eigenvalue weighted by Gasteiger charge is -2.22. The number of terminal acetylenes is 1. The van der Waals surface area contributed by atoms with E-state index in [4.69, 9.17) is 6.42 Å². The summed E-state index contributed by atoms with van der Waals surface area (Å²) >= 11 is 0. The molecule has 0 rings (SSSR count). The Bertz CT molecular complexity index is 126. The van der Waals surface area contributed by atoms with E-state index in [0.717, 1.165) is 13.1 Å². The highest BCUT2D eigenvalue weighted by atomic mass is 15.1. The second kappa shape index (κ2) is 6.21. The van der Waals surface area contributed by atoms with Crippen LogP contribution in [0.15, 0.2) is 0 Å². The fourth-order valence-corrected chi connectivity index (χ4v) is 0.821. The molecule has 0 aliphatic rings. The molecule has 11 heavy (non-hydrogen) atoms. The zero-order chi connectivity index (χ0) is 8.69. The SMILES string of the molecule is C#CCNCC(C)N(C)CC. The summed E-state index contributed by atoms with van der Waals surface area (Å²) in [4.78, 5) is 2.28. The van der Waals surface area contributed by atoms with E-state index in [1.807, 2.05) is 0 Å². The molecule has 0 aliphatic heterocycles. The van der Waals surface area contributed by atoms with E-state index in [-0.39, 0.29) is 0 Å². The minimum absolute atomic E-state index is 0.563. The Morgan fingerprint density at radius 3 is 2.73 bits per heavy atom. The van der Waals surface area contributed by atoms with Crippen LogP contribution >= 0.6 is 0 Å². The van der Waals surface area contributed by atoms with Crippen LogP contribution in [0.4, 0.5) is 0 Å². The summed E-state index contributed by atoms with van der Waals surface area (Å²) in [5.41, 5.74) is 0. The normalized spacial score (nSPS) is 13.0. The van der Waals surface area contributed by atoms with Crippen molar-refractivity contribution >= 4 is 0 Å². The summed E-state index contributed by atoms with van der Waals surface area (Å²) in [5, 5.41) is 3.17. The molecule has 0 spiro atoms. The van der Waals surface area contributed by atoms with Crippen molar-refractivity contribution in [3.63, 3.8) is 0 Å². The van der Waals surface area contributed by atoms with E-state index in [9.17, 15) is 0 Å². The lowest BCUT2D eigenvalue weighted by molar-refractivity contribution is 0.266. The van der Waals surface area contributed by atoms with Crippen molar-refractivity contribution in [2.75, 3.05) is 26.7 Å². The number of rotatable bonds is 5. The Hall–Kier alpha value is -0.520. The van der Waals surface area contributed by atoms with Crippen molar-refractivity contribution in [1.82, 2.24) is 10.2 Å². The van der Waals surface area contributed by atoms with Crippen molar-refractivity contribution in [3.05, 3.63) is 0 Å². The molecule has 0 aromatic carbocycles. The summed E-state index contributed by atoms with van der Waals surface area (Å²) in [6.45, 7) is 7.06. The van der Waals surface area contributed by atoms with Gasteiger partial charge >= 0.3 is 0 Å². The third-order valence-corrected chi connectivity index (χ3v) is 1.92. The Morgan fingerprint density at radius 1 is 1.64 bits per heavy atom. The molecule has 0 amide bonds. The maximum atomic E-state index is 5.10. The fraction of sp³-hybridized carbons (Fsp3) is 0.778. The molecule has 64 valence electrons. The van der Waals surface area contributed by atoms with Crippen LogP contribution in [0, 0.1) is 12.3 Å².